The summed E-state index contributed by atoms with van der Waals surface area (Å²) in [7, 11) is 1.25. The van der Waals surface area contributed by atoms with E-state index >= 15 is 0 Å². The molecule has 2 aliphatic rings. The Kier molecular flexibility index (Phi) is 9.33. The van der Waals surface area contributed by atoms with Gasteiger partial charge in [-0.2, -0.15) is 13.2 Å². The summed E-state index contributed by atoms with van der Waals surface area (Å²) in [6, 6.07) is 1.29. The lowest BCUT2D eigenvalue weighted by Crippen LogP contribution is -2.40. The van der Waals surface area contributed by atoms with Crippen LogP contribution in [0.1, 0.15) is 76.9 Å². The summed E-state index contributed by atoms with van der Waals surface area (Å²) in [5, 5.41) is 8.76. The van der Waals surface area contributed by atoms with E-state index in [1.807, 2.05) is 0 Å². The second kappa shape index (κ2) is 12.7. The quantitative estimate of drug-likeness (QED) is 0.416. The van der Waals surface area contributed by atoms with Crippen LogP contribution >= 0.6 is 11.3 Å². The van der Waals surface area contributed by atoms with Crippen LogP contribution in [-0.2, 0) is 17.5 Å². The topological polar surface area (TPSA) is 118 Å². The molecule has 9 nitrogen and oxygen atoms in total. The predicted octanol–water partition coefficient (Wildman–Crippen LogP) is 4.80. The number of methoxy groups -OCH3 is 1. The number of pyridine rings is 1. The zero-order chi connectivity index (χ0) is 28.0. The first kappa shape index (κ1) is 28.7. The number of hydrogen-bond donors (Lipinski definition) is 3. The standard InChI is InChI=1S/C26H31F3N6O3S/c1-3-31-25(37)34-21-10-18(19(13-33-21)15-9-16(12-30-11-15)24(36)38-2)23-35-22(26(27,28)29)20(39-23)14-32-17-7-5-4-6-8-17/h9,11-12,17,32H,3-8,10,13-14H2,1-2H3,(H2,31,33,34,37). The molecule has 39 heavy (non-hydrogen) atoms. The number of halogens is 3. The summed E-state index contributed by atoms with van der Waals surface area (Å²) in [5.41, 5.74) is 0.854. The molecule has 1 saturated carbocycles. The molecule has 2 aromatic heterocycles. The summed E-state index contributed by atoms with van der Waals surface area (Å²) in [6.07, 6.45) is 3.45. The fourth-order valence-electron chi connectivity index (χ4n) is 4.69. The van der Waals surface area contributed by atoms with E-state index in [4.69, 9.17) is 4.74 Å². The van der Waals surface area contributed by atoms with E-state index in [0.29, 0.717) is 29.1 Å². The van der Waals surface area contributed by atoms with Gasteiger partial charge in [-0.25, -0.2) is 14.6 Å². The van der Waals surface area contributed by atoms with E-state index in [1.165, 1.54) is 19.5 Å². The zero-order valence-electron chi connectivity index (χ0n) is 21.8. The van der Waals surface area contributed by atoms with Crippen molar-refractivity contribution in [2.24, 2.45) is 4.99 Å². The Bertz CT molecular complexity index is 1270. The Morgan fingerprint density at radius 1 is 1.15 bits per heavy atom. The first-order valence-corrected chi connectivity index (χ1v) is 13.7. The van der Waals surface area contributed by atoms with Crippen molar-refractivity contribution in [3.63, 3.8) is 0 Å². The van der Waals surface area contributed by atoms with Gasteiger partial charge in [-0.05, 0) is 37.0 Å². The highest BCUT2D eigenvalue weighted by atomic mass is 32.1. The molecule has 4 rings (SSSR count). The van der Waals surface area contributed by atoms with Crippen LogP contribution in [0.15, 0.2) is 23.5 Å². The number of aliphatic imine (C=N–C) groups is 1. The van der Waals surface area contributed by atoms with E-state index in [-0.39, 0.29) is 41.0 Å². The highest BCUT2D eigenvalue weighted by Crippen LogP contribution is 2.40. The monoisotopic (exact) mass is 564 g/mol. The van der Waals surface area contributed by atoms with Gasteiger partial charge in [0.25, 0.3) is 0 Å². The van der Waals surface area contributed by atoms with Crippen molar-refractivity contribution in [1.82, 2.24) is 25.9 Å². The third kappa shape index (κ3) is 7.21. The molecule has 210 valence electrons. The van der Waals surface area contributed by atoms with Crippen molar-refractivity contribution >= 4 is 40.3 Å². The van der Waals surface area contributed by atoms with Crippen LogP contribution in [0.4, 0.5) is 18.0 Å². The number of rotatable bonds is 7. The van der Waals surface area contributed by atoms with Gasteiger partial charge in [0.1, 0.15) is 10.8 Å². The first-order valence-electron chi connectivity index (χ1n) is 12.8. The average Bonchev–Trinajstić information content (AvgIpc) is 3.37. The molecular formula is C26H31F3N6O3S. The minimum Gasteiger partial charge on any atom is -0.465 e. The summed E-state index contributed by atoms with van der Waals surface area (Å²) < 4.78 is 47.0. The number of aromatic nitrogens is 2. The highest BCUT2D eigenvalue weighted by Gasteiger charge is 2.38. The summed E-state index contributed by atoms with van der Waals surface area (Å²) >= 11 is 0.979. The minimum atomic E-state index is -4.63. The minimum absolute atomic E-state index is 0.0508. The molecule has 0 saturated heterocycles. The molecule has 1 fully saturated rings. The molecule has 0 atom stereocenters. The van der Waals surface area contributed by atoms with Crippen LogP contribution in [-0.4, -0.2) is 54.0 Å². The van der Waals surface area contributed by atoms with Crippen LogP contribution in [0.2, 0.25) is 0 Å². The fourth-order valence-corrected chi connectivity index (χ4v) is 5.79. The van der Waals surface area contributed by atoms with E-state index in [0.717, 1.165) is 43.4 Å². The maximum absolute atomic E-state index is 14.1. The van der Waals surface area contributed by atoms with E-state index < -0.39 is 23.9 Å². The Morgan fingerprint density at radius 2 is 1.92 bits per heavy atom. The lowest BCUT2D eigenvalue weighted by atomic mass is 9.95. The molecule has 0 unspecified atom stereocenters. The van der Waals surface area contributed by atoms with Gasteiger partial charge >= 0.3 is 18.2 Å². The number of carbonyl (C=O) groups excluding carboxylic acids is 2. The van der Waals surface area contributed by atoms with Crippen LogP contribution in [0, 0.1) is 0 Å². The first-order chi connectivity index (χ1) is 18.7. The maximum atomic E-state index is 14.1. The molecule has 2 amide bonds. The van der Waals surface area contributed by atoms with Gasteiger partial charge in [0.05, 0.1) is 24.1 Å². The Balaban J connectivity index is 1.73. The number of esters is 1. The van der Waals surface area contributed by atoms with Crippen molar-refractivity contribution in [3.8, 4) is 0 Å². The third-order valence-corrected chi connectivity index (χ3v) is 7.74. The van der Waals surface area contributed by atoms with Gasteiger partial charge in [0.15, 0.2) is 5.69 Å². The molecule has 0 radical (unpaired) electrons. The number of ether oxygens (including phenoxy) is 1. The average molecular weight is 565 g/mol. The van der Waals surface area contributed by atoms with Gasteiger partial charge in [-0.15, -0.1) is 11.3 Å². The number of amides is 2. The smallest absolute Gasteiger partial charge is 0.434 e. The van der Waals surface area contributed by atoms with Gasteiger partial charge < -0.3 is 15.4 Å². The van der Waals surface area contributed by atoms with Crippen molar-refractivity contribution in [3.05, 3.63) is 45.2 Å². The molecule has 2 aromatic rings. The van der Waals surface area contributed by atoms with Crippen molar-refractivity contribution in [2.45, 2.75) is 64.2 Å². The van der Waals surface area contributed by atoms with Gasteiger partial charge in [-0.1, -0.05) is 19.3 Å². The highest BCUT2D eigenvalue weighted by molar-refractivity contribution is 7.13. The van der Waals surface area contributed by atoms with Crippen molar-refractivity contribution in [2.75, 3.05) is 20.2 Å². The second-order valence-corrected chi connectivity index (χ2v) is 10.4. The number of amidine groups is 1. The van der Waals surface area contributed by atoms with Gasteiger partial charge in [0, 0.05) is 43.5 Å². The van der Waals surface area contributed by atoms with Crippen LogP contribution in [0.5, 0.6) is 0 Å². The number of alkyl halides is 3. The van der Waals surface area contributed by atoms with Crippen molar-refractivity contribution < 1.29 is 27.5 Å². The van der Waals surface area contributed by atoms with Crippen molar-refractivity contribution in [1.29, 1.82) is 0 Å². The summed E-state index contributed by atoms with van der Waals surface area (Å²) in [6.45, 7) is 2.29. The lowest BCUT2D eigenvalue weighted by Gasteiger charge is -2.22. The van der Waals surface area contributed by atoms with E-state index in [9.17, 15) is 22.8 Å². The molecule has 0 aromatic carbocycles. The van der Waals surface area contributed by atoms with Gasteiger partial charge in [0.2, 0.25) is 0 Å². The molecular weight excluding hydrogens is 533 g/mol. The molecule has 1 aliphatic heterocycles. The number of nitrogens with zero attached hydrogens (tertiary/aromatic N) is 3. The maximum Gasteiger partial charge on any atom is 0.434 e. The number of dihydropyridines is 1. The lowest BCUT2D eigenvalue weighted by molar-refractivity contribution is -0.141. The fraction of sp³-hybridized carbons (Fsp3) is 0.500. The number of urea groups is 1. The normalized spacial score (nSPS) is 16.6. The third-order valence-electron chi connectivity index (χ3n) is 6.62. The largest absolute Gasteiger partial charge is 0.465 e. The molecule has 0 bridgehead atoms. The molecule has 0 spiro atoms. The summed E-state index contributed by atoms with van der Waals surface area (Å²) in [5.74, 6) is -0.281. The number of carbonyl (C=O) groups is 2. The van der Waals surface area contributed by atoms with Crippen LogP contribution in [0.25, 0.3) is 11.1 Å². The van der Waals surface area contributed by atoms with Crippen LogP contribution in [0.3, 0.4) is 0 Å². The summed E-state index contributed by atoms with van der Waals surface area (Å²) in [4.78, 5) is 37.0. The predicted molar refractivity (Wildman–Crippen MR) is 142 cm³/mol. The second-order valence-electron chi connectivity index (χ2n) is 9.34. The molecule has 13 heteroatoms. The zero-order valence-corrected chi connectivity index (χ0v) is 22.6. The van der Waals surface area contributed by atoms with Crippen LogP contribution < -0.4 is 16.0 Å². The van der Waals surface area contributed by atoms with E-state index in [1.54, 1.807) is 13.0 Å². The SMILES string of the molecule is CCNC(=O)NC1=NCC(c2cncc(C(=O)OC)c2)=C(c2nc(C(F)(F)F)c(CNC3CCCCC3)s2)C1. The number of nitrogens with one attached hydrogen (secondary N) is 3. The molecule has 3 heterocycles. The Hall–Kier alpha value is -3.32. The number of hydrogen-bond acceptors (Lipinski definition) is 8. The molecule has 1 aliphatic carbocycles. The number of thiazole rings is 1. The van der Waals surface area contributed by atoms with E-state index in [2.05, 4.69) is 30.9 Å². The Labute approximate surface area is 228 Å². The molecule has 3 N–H and O–H groups in total. The Morgan fingerprint density at radius 3 is 2.62 bits per heavy atom. The van der Waals surface area contributed by atoms with Gasteiger partial charge in [-0.3, -0.25) is 15.3 Å².